The summed E-state index contributed by atoms with van der Waals surface area (Å²) in [5.41, 5.74) is 0. The smallest absolute Gasteiger partial charge is 0.214 e. The lowest BCUT2D eigenvalue weighted by molar-refractivity contribution is -0.357. The van der Waals surface area contributed by atoms with Gasteiger partial charge in [0, 0.05) is 0 Å². The maximum atomic E-state index is 10.1. The Morgan fingerprint density at radius 1 is 1.00 bits per heavy atom. The summed E-state index contributed by atoms with van der Waals surface area (Å²) in [6, 6.07) is 0. The maximum absolute atomic E-state index is 10.1. The molecular weight excluding hydrogens is 378 g/mol. The fourth-order valence-electron chi connectivity index (χ4n) is 2.56. The normalized spacial score (nSPS) is 51.1. The van der Waals surface area contributed by atoms with Crippen molar-refractivity contribution < 1.29 is 39.7 Å². The second-order valence-electron chi connectivity index (χ2n) is 5.46. The van der Waals surface area contributed by atoms with Gasteiger partial charge in [-0.1, -0.05) is 0 Å². The minimum Gasteiger partial charge on any atom is -0.394 e. The summed E-state index contributed by atoms with van der Waals surface area (Å²) >= 11 is 17.3. The Morgan fingerprint density at radius 2 is 1.65 bits per heavy atom. The molecule has 0 aromatic heterocycles. The molecule has 0 radical (unpaired) electrons. The first-order valence-electron chi connectivity index (χ1n) is 6.91. The first-order valence-corrected chi connectivity index (χ1v) is 8.42. The van der Waals surface area contributed by atoms with E-state index in [1.165, 1.54) is 0 Å². The molecule has 0 saturated carbocycles. The van der Waals surface area contributed by atoms with Gasteiger partial charge >= 0.3 is 0 Å². The van der Waals surface area contributed by atoms with Crippen LogP contribution < -0.4 is 0 Å². The maximum Gasteiger partial charge on any atom is 0.214 e. The summed E-state index contributed by atoms with van der Waals surface area (Å²) < 4.78 is 16.1. The largest absolute Gasteiger partial charge is 0.394 e. The average molecular weight is 398 g/mol. The number of aliphatic hydroxyl groups is 5. The minimum absolute atomic E-state index is 0.125. The van der Waals surface area contributed by atoms with E-state index >= 15 is 0 Å². The molecule has 2 saturated heterocycles. The molecule has 9 atom stereocenters. The highest BCUT2D eigenvalue weighted by atomic mass is 35.5. The highest BCUT2D eigenvalue weighted by molar-refractivity contribution is 6.21. The standard InChI is InChI=1S/C12H19Cl3O8/c13-1-4-7(17)10(20)12(3-14,22-4)23-11-9(19)8(18)6(15)5(2-16)21-11/h4-11,16-20H,1-3H2/t4-,5+,6-,7+,8-,9-,10+,11-,12+/m0/s1. The molecule has 11 heteroatoms. The van der Waals surface area contributed by atoms with E-state index in [1.807, 2.05) is 0 Å². The van der Waals surface area contributed by atoms with Crippen molar-refractivity contribution in [3.05, 3.63) is 0 Å². The third-order valence-corrected chi connectivity index (χ3v) is 5.17. The van der Waals surface area contributed by atoms with E-state index in [0.29, 0.717) is 0 Å². The second kappa shape index (κ2) is 7.84. The number of halogens is 3. The molecule has 0 aromatic rings. The van der Waals surface area contributed by atoms with Crippen molar-refractivity contribution in [3.8, 4) is 0 Å². The molecule has 0 unspecified atom stereocenters. The zero-order valence-corrected chi connectivity index (χ0v) is 14.1. The van der Waals surface area contributed by atoms with Gasteiger partial charge in [-0.2, -0.15) is 0 Å². The van der Waals surface area contributed by atoms with Gasteiger partial charge in [0.05, 0.1) is 23.7 Å². The van der Waals surface area contributed by atoms with Crippen LogP contribution in [-0.2, 0) is 14.2 Å². The van der Waals surface area contributed by atoms with Gasteiger partial charge in [0.25, 0.3) is 0 Å². The second-order valence-corrected chi connectivity index (χ2v) is 6.54. The fourth-order valence-corrected chi connectivity index (χ4v) is 3.37. The van der Waals surface area contributed by atoms with Crippen LogP contribution in [0, 0.1) is 0 Å². The van der Waals surface area contributed by atoms with E-state index in [-0.39, 0.29) is 5.88 Å². The quantitative estimate of drug-likeness (QED) is 0.349. The highest BCUT2D eigenvalue weighted by Crippen LogP contribution is 2.37. The molecule has 2 aliphatic rings. The Labute approximate surface area is 147 Å². The first kappa shape index (κ1) is 19.9. The van der Waals surface area contributed by atoms with Crippen molar-refractivity contribution in [3.63, 3.8) is 0 Å². The molecule has 0 amide bonds. The Morgan fingerprint density at radius 3 is 2.13 bits per heavy atom. The highest BCUT2D eigenvalue weighted by Gasteiger charge is 2.58. The third kappa shape index (κ3) is 3.58. The molecule has 136 valence electrons. The third-order valence-electron chi connectivity index (χ3n) is 3.96. The molecule has 0 aromatic carbocycles. The Bertz CT molecular complexity index is 403. The average Bonchev–Trinajstić information content (AvgIpc) is 2.80. The van der Waals surface area contributed by atoms with Crippen LogP contribution in [0.4, 0.5) is 0 Å². The molecule has 8 nitrogen and oxygen atoms in total. The lowest BCUT2D eigenvalue weighted by Gasteiger charge is -2.43. The number of rotatable bonds is 5. The van der Waals surface area contributed by atoms with Gasteiger partial charge in [-0.15, -0.1) is 34.8 Å². The van der Waals surface area contributed by atoms with Crippen molar-refractivity contribution in [2.75, 3.05) is 18.4 Å². The number of alkyl halides is 3. The van der Waals surface area contributed by atoms with Crippen molar-refractivity contribution in [1.29, 1.82) is 0 Å². The van der Waals surface area contributed by atoms with Gasteiger partial charge < -0.3 is 39.7 Å². The molecule has 0 bridgehead atoms. The Hall–Kier alpha value is 0.550. The summed E-state index contributed by atoms with van der Waals surface area (Å²) in [6.07, 6.45) is -9.39. The fraction of sp³-hybridized carbons (Fsp3) is 1.00. The van der Waals surface area contributed by atoms with Gasteiger partial charge in [-0.3, -0.25) is 0 Å². The summed E-state index contributed by atoms with van der Waals surface area (Å²) in [7, 11) is 0. The summed E-state index contributed by atoms with van der Waals surface area (Å²) in [5, 5.41) is 48.1. The molecule has 23 heavy (non-hydrogen) atoms. The predicted molar refractivity (Wildman–Crippen MR) is 79.5 cm³/mol. The monoisotopic (exact) mass is 396 g/mol. The van der Waals surface area contributed by atoms with E-state index in [4.69, 9.17) is 49.0 Å². The number of hydrogen-bond donors (Lipinski definition) is 5. The first-order chi connectivity index (χ1) is 10.8. The molecule has 0 aliphatic carbocycles. The van der Waals surface area contributed by atoms with Crippen molar-refractivity contribution >= 4 is 34.8 Å². The van der Waals surface area contributed by atoms with Gasteiger partial charge in [0.1, 0.15) is 36.6 Å². The van der Waals surface area contributed by atoms with E-state index in [0.717, 1.165) is 0 Å². The van der Waals surface area contributed by atoms with Crippen molar-refractivity contribution in [2.45, 2.75) is 54.1 Å². The van der Waals surface area contributed by atoms with E-state index in [1.54, 1.807) is 0 Å². The van der Waals surface area contributed by atoms with Crippen molar-refractivity contribution in [2.24, 2.45) is 0 Å². The number of hydrogen-bond acceptors (Lipinski definition) is 8. The SMILES string of the molecule is OC[C@H]1O[C@@H](O[C@@]2(CCl)O[C@@H](CCl)[C@@H](O)[C@H]2O)[C@@H](O)[C@@H](O)[C@H]1Cl. The minimum atomic E-state index is -1.90. The zero-order chi connectivity index (χ0) is 17.4. The van der Waals surface area contributed by atoms with Gasteiger partial charge in [-0.05, 0) is 0 Å². The molecule has 5 N–H and O–H groups in total. The molecule has 0 spiro atoms. The van der Waals surface area contributed by atoms with Crippen LogP contribution >= 0.6 is 34.8 Å². The topological polar surface area (TPSA) is 129 Å². The summed E-state index contributed by atoms with van der Waals surface area (Å²) in [6.45, 7) is -0.526. The Kier molecular flexibility index (Phi) is 6.77. The molecule has 2 heterocycles. The number of ether oxygens (including phenoxy) is 3. The Balaban J connectivity index is 2.18. The molecule has 2 rings (SSSR count). The van der Waals surface area contributed by atoms with E-state index in [2.05, 4.69) is 0 Å². The van der Waals surface area contributed by atoms with Crippen LogP contribution in [0.15, 0.2) is 0 Å². The van der Waals surface area contributed by atoms with E-state index < -0.39 is 66.6 Å². The molecule has 2 aliphatic heterocycles. The van der Waals surface area contributed by atoms with Crippen LogP contribution in [0.3, 0.4) is 0 Å². The van der Waals surface area contributed by atoms with E-state index in [9.17, 15) is 25.5 Å². The molecular formula is C12H19Cl3O8. The lowest BCUT2D eigenvalue weighted by atomic mass is 10.0. The molecule has 2 fully saturated rings. The lowest BCUT2D eigenvalue weighted by Crippen LogP contribution is -2.61. The zero-order valence-electron chi connectivity index (χ0n) is 11.8. The summed E-state index contributed by atoms with van der Waals surface area (Å²) in [4.78, 5) is 0. The van der Waals surface area contributed by atoms with Crippen molar-refractivity contribution in [1.82, 2.24) is 0 Å². The van der Waals surface area contributed by atoms with Gasteiger partial charge in [0.15, 0.2) is 6.29 Å². The summed E-state index contributed by atoms with van der Waals surface area (Å²) in [5.74, 6) is -2.43. The van der Waals surface area contributed by atoms with Crippen LogP contribution in [-0.4, -0.2) is 98.0 Å². The van der Waals surface area contributed by atoms with Gasteiger partial charge in [0.2, 0.25) is 5.79 Å². The predicted octanol–water partition coefficient (Wildman–Crippen LogP) is -1.66. The van der Waals surface area contributed by atoms with Gasteiger partial charge in [-0.25, -0.2) is 0 Å². The van der Waals surface area contributed by atoms with Crippen LogP contribution in [0.1, 0.15) is 0 Å². The van der Waals surface area contributed by atoms with Crippen LogP contribution in [0.5, 0.6) is 0 Å². The van der Waals surface area contributed by atoms with Crippen LogP contribution in [0.2, 0.25) is 0 Å². The van der Waals surface area contributed by atoms with Crippen LogP contribution in [0.25, 0.3) is 0 Å². The number of aliphatic hydroxyl groups excluding tert-OH is 5.